The zero-order valence-electron chi connectivity index (χ0n) is 25.1. The molecule has 0 amide bonds. The van der Waals surface area contributed by atoms with Gasteiger partial charge in [-0.25, -0.2) is 0 Å². The summed E-state index contributed by atoms with van der Waals surface area (Å²) in [7, 11) is -3.05. The Hall–Kier alpha value is -4.97. The van der Waals surface area contributed by atoms with Gasteiger partial charge in [0, 0.05) is 15.9 Å². The van der Waals surface area contributed by atoms with Crippen LogP contribution in [0.3, 0.4) is 0 Å². The lowest BCUT2D eigenvalue weighted by atomic mass is 9.82. The van der Waals surface area contributed by atoms with Crippen LogP contribution in [0.1, 0.15) is 24.0 Å². The van der Waals surface area contributed by atoms with E-state index in [-0.39, 0.29) is 0 Å². The summed E-state index contributed by atoms with van der Waals surface area (Å²) in [5.74, 6) is 0. The van der Waals surface area contributed by atoms with Crippen molar-refractivity contribution < 1.29 is 4.57 Å². The quantitative estimate of drug-likeness (QED) is 0.181. The van der Waals surface area contributed by atoms with E-state index in [0.717, 1.165) is 35.2 Å². The summed E-state index contributed by atoms with van der Waals surface area (Å²) in [6, 6.07) is 52.8. The van der Waals surface area contributed by atoms with Crippen LogP contribution in [0.2, 0.25) is 0 Å². The summed E-state index contributed by atoms with van der Waals surface area (Å²) in [4.78, 5) is 0. The highest BCUT2D eigenvalue weighted by Gasteiger charge is 2.30. The smallest absolute Gasteiger partial charge is 0.171 e. The van der Waals surface area contributed by atoms with Crippen molar-refractivity contribution in [1.82, 2.24) is 0 Å². The lowest BCUT2D eigenvalue weighted by Gasteiger charge is -2.23. The fraction of sp³-hybridized carbons (Fsp3) is 0.0698. The van der Waals surface area contributed by atoms with Gasteiger partial charge < -0.3 is 4.57 Å². The van der Waals surface area contributed by atoms with Crippen LogP contribution in [0, 0.1) is 0 Å². The molecule has 45 heavy (non-hydrogen) atoms. The Bertz CT molecular complexity index is 2200. The van der Waals surface area contributed by atoms with Crippen LogP contribution in [0.15, 0.2) is 158 Å². The second-order valence-corrected chi connectivity index (χ2v) is 14.6. The number of fused-ring (bicyclic) bond motifs is 3. The fourth-order valence-corrected chi connectivity index (χ4v) is 9.75. The first-order valence-electron chi connectivity index (χ1n) is 15.8. The maximum Gasteiger partial charge on any atom is 0.171 e. The van der Waals surface area contributed by atoms with Gasteiger partial charge in [0.1, 0.15) is 0 Å². The second-order valence-electron chi connectivity index (χ2n) is 11.9. The minimum Gasteiger partial charge on any atom is -0.309 e. The predicted octanol–water partition coefficient (Wildman–Crippen LogP) is 10.3. The number of benzene rings is 7. The maximum atomic E-state index is 15.0. The van der Waals surface area contributed by atoms with Crippen LogP contribution in [-0.4, -0.2) is 0 Å². The van der Waals surface area contributed by atoms with Crippen LogP contribution in [0.5, 0.6) is 0 Å². The van der Waals surface area contributed by atoms with Crippen molar-refractivity contribution in [1.29, 1.82) is 0 Å². The molecular weight excluding hydrogens is 563 g/mol. The minimum absolute atomic E-state index is 0.853. The zero-order valence-corrected chi connectivity index (χ0v) is 26.0. The topological polar surface area (TPSA) is 17.1 Å². The molecule has 2 heteroatoms. The first-order valence-corrected chi connectivity index (χ1v) is 17.5. The Labute approximate surface area is 264 Å². The van der Waals surface area contributed by atoms with Gasteiger partial charge in [-0.2, -0.15) is 0 Å². The van der Waals surface area contributed by atoms with Gasteiger partial charge >= 0.3 is 0 Å². The summed E-state index contributed by atoms with van der Waals surface area (Å²) in [6.45, 7) is 0. The van der Waals surface area contributed by atoms with Gasteiger partial charge in [-0.15, -0.1) is 0 Å². The molecule has 0 saturated carbocycles. The molecule has 0 atom stereocenters. The average Bonchev–Trinajstić information content (AvgIpc) is 3.37. The third-order valence-corrected chi connectivity index (χ3v) is 12.3. The highest BCUT2D eigenvalue weighted by atomic mass is 31.2. The van der Waals surface area contributed by atoms with E-state index in [4.69, 9.17) is 0 Å². The molecule has 0 N–H and O–H groups in total. The van der Waals surface area contributed by atoms with Crippen molar-refractivity contribution >= 4 is 50.7 Å². The average molecular weight is 597 g/mol. The Morgan fingerprint density at radius 3 is 1.73 bits per heavy atom. The highest BCUT2D eigenvalue weighted by molar-refractivity contribution is 7.85. The third-order valence-electron chi connectivity index (χ3n) is 9.24. The molecule has 0 spiro atoms. The number of hydrogen-bond donors (Lipinski definition) is 0. The van der Waals surface area contributed by atoms with Crippen molar-refractivity contribution in [3.05, 3.63) is 169 Å². The monoisotopic (exact) mass is 596 g/mol. The molecule has 0 bridgehead atoms. The lowest BCUT2D eigenvalue weighted by molar-refractivity contribution is 0.592. The Morgan fingerprint density at radius 2 is 1.04 bits per heavy atom. The molecule has 0 aromatic heterocycles. The SMILES string of the molecule is O=P(c1ccccc1)(c1ccccc1)c1ccc(-c2c3c(c(-c4ccc5ccccc5c4)c4ccccc24)C=CCCC3)cc1. The molecule has 0 unspecified atom stereocenters. The summed E-state index contributed by atoms with van der Waals surface area (Å²) < 4.78 is 15.0. The maximum absolute atomic E-state index is 15.0. The van der Waals surface area contributed by atoms with Crippen molar-refractivity contribution in [3.63, 3.8) is 0 Å². The molecule has 7 aromatic rings. The van der Waals surface area contributed by atoms with E-state index in [9.17, 15) is 0 Å². The summed E-state index contributed by atoms with van der Waals surface area (Å²) in [5, 5.41) is 7.60. The molecule has 0 heterocycles. The zero-order chi connectivity index (χ0) is 30.2. The standard InChI is InChI=1S/C43H33OP/c44-45(35-16-4-1-5-17-35,36-18-6-2-7-19-36)37-28-26-32(27-29-37)42-38-20-8-3-9-21-40(38)43(41-23-13-12-22-39(41)42)34-25-24-31-14-10-11-15-33(31)30-34/h1-2,4-7,9-19,21-30H,3,8,20H2. The van der Waals surface area contributed by atoms with Gasteiger partial charge in [-0.1, -0.05) is 158 Å². The van der Waals surface area contributed by atoms with E-state index < -0.39 is 7.14 Å². The normalized spacial score (nSPS) is 13.1. The molecule has 8 rings (SSSR count). The molecule has 1 aliphatic rings. The predicted molar refractivity (Wildman–Crippen MR) is 194 cm³/mol. The number of allylic oxidation sites excluding steroid dienone is 1. The largest absolute Gasteiger partial charge is 0.309 e. The molecule has 0 aliphatic heterocycles. The van der Waals surface area contributed by atoms with Crippen LogP contribution in [0.4, 0.5) is 0 Å². The van der Waals surface area contributed by atoms with E-state index >= 15 is 4.57 Å². The summed E-state index contributed by atoms with van der Waals surface area (Å²) in [6.07, 6.45) is 7.89. The van der Waals surface area contributed by atoms with E-state index in [1.54, 1.807) is 0 Å². The van der Waals surface area contributed by atoms with E-state index in [1.807, 2.05) is 60.7 Å². The highest BCUT2D eigenvalue weighted by Crippen LogP contribution is 2.46. The van der Waals surface area contributed by atoms with Crippen LogP contribution in [0.25, 0.3) is 49.9 Å². The van der Waals surface area contributed by atoms with Gasteiger partial charge in [0.25, 0.3) is 0 Å². The van der Waals surface area contributed by atoms with Gasteiger partial charge in [0.15, 0.2) is 7.14 Å². The first-order chi connectivity index (χ1) is 22.2. The van der Waals surface area contributed by atoms with Crippen LogP contribution < -0.4 is 15.9 Å². The van der Waals surface area contributed by atoms with Crippen molar-refractivity contribution in [2.75, 3.05) is 0 Å². The summed E-state index contributed by atoms with van der Waals surface area (Å²) >= 11 is 0. The molecular formula is C43H33OP. The van der Waals surface area contributed by atoms with Gasteiger partial charge in [0.05, 0.1) is 0 Å². The molecule has 216 valence electrons. The summed E-state index contributed by atoms with van der Waals surface area (Å²) in [5.41, 5.74) is 7.73. The first kappa shape index (κ1) is 27.6. The van der Waals surface area contributed by atoms with Gasteiger partial charge in [-0.05, 0) is 80.3 Å². The molecule has 1 aliphatic carbocycles. The van der Waals surface area contributed by atoms with Crippen LogP contribution >= 0.6 is 7.14 Å². The Kier molecular flexibility index (Phi) is 7.05. The molecule has 7 aromatic carbocycles. The lowest BCUT2D eigenvalue weighted by Crippen LogP contribution is -2.24. The Balaban J connectivity index is 1.34. The number of hydrogen-bond acceptors (Lipinski definition) is 1. The van der Waals surface area contributed by atoms with Crippen molar-refractivity contribution in [3.8, 4) is 22.3 Å². The van der Waals surface area contributed by atoms with Gasteiger partial charge in [0.2, 0.25) is 0 Å². The number of rotatable bonds is 5. The molecule has 0 radical (unpaired) electrons. The molecule has 1 nitrogen and oxygen atoms in total. The van der Waals surface area contributed by atoms with Crippen molar-refractivity contribution in [2.24, 2.45) is 0 Å². The van der Waals surface area contributed by atoms with E-state index in [0.29, 0.717) is 0 Å². The molecule has 0 saturated heterocycles. The second kappa shape index (κ2) is 11.5. The minimum atomic E-state index is -3.05. The third kappa shape index (κ3) is 4.76. The van der Waals surface area contributed by atoms with Crippen molar-refractivity contribution in [2.45, 2.75) is 19.3 Å². The fourth-order valence-electron chi connectivity index (χ4n) is 7.10. The van der Waals surface area contributed by atoms with E-state index in [2.05, 4.69) is 103 Å². The van der Waals surface area contributed by atoms with Gasteiger partial charge in [-0.3, -0.25) is 0 Å². The molecule has 0 fully saturated rings. The van der Waals surface area contributed by atoms with Crippen LogP contribution in [-0.2, 0) is 11.0 Å². The van der Waals surface area contributed by atoms with E-state index in [1.165, 1.54) is 54.9 Å². The Morgan fingerprint density at radius 1 is 0.489 bits per heavy atom.